The number of hydrogen-bond acceptors (Lipinski definition) is 19. The first-order valence-electron chi connectivity index (χ1n) is 36.8. The summed E-state index contributed by atoms with van der Waals surface area (Å²) >= 11 is 0. The molecule has 8 atom stereocenters. The van der Waals surface area contributed by atoms with E-state index in [-0.39, 0.29) is 50.7 Å². The van der Waals surface area contributed by atoms with Gasteiger partial charge >= 0.3 is 41.9 Å². The highest BCUT2D eigenvalue weighted by molar-refractivity contribution is 5.92. The van der Waals surface area contributed by atoms with E-state index < -0.39 is 126 Å². The normalized spacial score (nSPS) is 17.4. The van der Waals surface area contributed by atoms with Gasteiger partial charge in [0.1, 0.15) is 54.3 Å². The minimum absolute atomic E-state index is 0.00173. The molecule has 4 aliphatic rings. The average Bonchev–Trinajstić information content (AvgIpc) is 1.49. The number of carbonyl (C=O) groups is 9. The number of alkyl halides is 2. The summed E-state index contributed by atoms with van der Waals surface area (Å²) in [7, 11) is 5.75. The first-order valence-corrected chi connectivity index (χ1v) is 36.8. The van der Waals surface area contributed by atoms with Gasteiger partial charge in [0.15, 0.2) is 24.4 Å². The third-order valence-corrected chi connectivity index (χ3v) is 19.1. The molecule has 2 aliphatic heterocycles. The van der Waals surface area contributed by atoms with Crippen molar-refractivity contribution >= 4 is 53.7 Å². The van der Waals surface area contributed by atoms with Crippen molar-refractivity contribution in [3.05, 3.63) is 143 Å². The second-order valence-corrected chi connectivity index (χ2v) is 30.4. The van der Waals surface area contributed by atoms with Gasteiger partial charge in [0.2, 0.25) is 0 Å². The Kier molecular flexibility index (Phi) is 31.4. The van der Waals surface area contributed by atoms with Crippen molar-refractivity contribution in [2.24, 2.45) is 11.8 Å². The molecule has 1 N–H and O–H groups in total. The lowest BCUT2D eigenvalue weighted by atomic mass is 9.90. The Balaban J connectivity index is 0.000000296. The molecule has 4 aromatic carbocycles. The van der Waals surface area contributed by atoms with Gasteiger partial charge in [-0.3, -0.25) is 19.3 Å². The molecule has 0 spiro atoms. The number of amides is 3. The quantitative estimate of drug-likeness (QED) is 0.0337. The SMILES string of the molecule is CN[C@@H](CC(C)(C)F)C(=O)O[C@H](Cc1ccc(C2CCOCC2)cc1)C(=O)N(C)[C@@H](CC1CC1)C(=O)O[C@H](C)C(=O)OCc1ccccc1.C[C@@H](OC(=O)[C@H](CC1CC1)N(C)C(=O)[C@@H](Cc1ccc(C2CCOCC2)cc1)OC(=O)[C@H](CC(C)(C)F)N(C)C(=O)OC(C)(C)C)C(=O)OCc1ccccc1. The molecule has 4 fully saturated rings. The van der Waals surface area contributed by atoms with E-state index in [9.17, 15) is 47.5 Å². The minimum Gasteiger partial charge on any atom is -0.458 e. The van der Waals surface area contributed by atoms with Gasteiger partial charge in [0, 0.05) is 73.3 Å². The van der Waals surface area contributed by atoms with Gasteiger partial charge in [-0.05, 0) is 165 Å². The fourth-order valence-electron chi connectivity index (χ4n) is 12.4. The molecule has 105 heavy (non-hydrogen) atoms. The van der Waals surface area contributed by atoms with Crippen LogP contribution in [0.1, 0.15) is 185 Å². The standard InChI is InChI=1S/C43H59FN2O10.C38H51FN2O8/c1-28(38(48)53-27-31-12-10-9-11-13-31)54-39(49)34(24-29-14-15-29)45(7)37(47)36(25-30-16-18-32(19-17-30)33-20-22-52-23-21-33)55-40(50)35(26-43(5,6)44)46(8)41(51)56-42(2,3)4;1-25(35(43)47-24-28-9-7-6-8-10-28)48-37(45)32(21-26-11-12-26)41(5)34(42)33(49-36(44)31(40-4)23-38(2,3)39)22-27-13-15-29(16-14-27)30-17-19-46-20-18-30/h9-13,16-19,28-29,33-36H,14-15,20-27H2,1-8H3;6-10,13-16,25-26,30-33,40H,11-12,17-24H2,1-5H3/t28-,34+,35+,36-;25-,31+,32+,33-/m11/s1. The predicted molar refractivity (Wildman–Crippen MR) is 387 cm³/mol. The maximum Gasteiger partial charge on any atom is 0.410 e. The molecular formula is C81H110F2N4O18. The lowest BCUT2D eigenvalue weighted by Crippen LogP contribution is -2.52. The fourth-order valence-corrected chi connectivity index (χ4v) is 12.4. The number of esters is 6. The lowest BCUT2D eigenvalue weighted by Gasteiger charge is -2.34. The summed E-state index contributed by atoms with van der Waals surface area (Å²) in [6.07, 6.45) is 1.06. The number of carbonyl (C=O) groups excluding carboxylic acids is 9. The number of likely N-dealkylation sites (N-methyl/N-ethyl adjacent to an activating group) is 4. The molecule has 2 saturated heterocycles. The summed E-state index contributed by atoms with van der Waals surface area (Å²) in [6, 6.07) is 29.2. The molecule has 3 amide bonds. The first kappa shape index (κ1) is 83.9. The highest BCUT2D eigenvalue weighted by atomic mass is 19.1. The van der Waals surface area contributed by atoms with Crippen molar-refractivity contribution in [1.29, 1.82) is 0 Å². The second-order valence-electron chi connectivity index (χ2n) is 30.4. The molecule has 24 heteroatoms. The number of nitrogens with one attached hydrogen (secondary N) is 1. The first-order chi connectivity index (χ1) is 49.6. The Morgan fingerprint density at radius 1 is 0.457 bits per heavy atom. The second kappa shape index (κ2) is 39.3. The Hall–Kier alpha value is -8.35. The molecule has 2 saturated carbocycles. The maximum absolute atomic E-state index is 15.2. The summed E-state index contributed by atoms with van der Waals surface area (Å²) < 4.78 is 79.8. The van der Waals surface area contributed by atoms with Crippen LogP contribution in [0, 0.1) is 11.8 Å². The zero-order valence-electron chi connectivity index (χ0n) is 63.4. The Morgan fingerprint density at radius 3 is 1.16 bits per heavy atom. The molecule has 4 aromatic rings. The van der Waals surface area contributed by atoms with Gasteiger partial charge in [-0.1, -0.05) is 135 Å². The van der Waals surface area contributed by atoms with E-state index in [1.54, 1.807) is 32.9 Å². The van der Waals surface area contributed by atoms with E-state index in [1.807, 2.05) is 97.1 Å². The fraction of sp³-hybridized carbons (Fsp3) is 0.593. The van der Waals surface area contributed by atoms with Crippen LogP contribution in [-0.2, 0) is 107 Å². The van der Waals surface area contributed by atoms with E-state index in [0.29, 0.717) is 50.2 Å². The van der Waals surface area contributed by atoms with Crippen molar-refractivity contribution in [3.63, 3.8) is 0 Å². The van der Waals surface area contributed by atoms with Crippen molar-refractivity contribution in [2.75, 3.05) is 54.6 Å². The van der Waals surface area contributed by atoms with Gasteiger partial charge in [0.05, 0.1) is 0 Å². The number of nitrogens with zero attached hydrogens (tertiary/aromatic N) is 3. The topological polar surface area (TPSA) is 258 Å². The molecule has 2 heterocycles. The predicted octanol–water partition coefficient (Wildman–Crippen LogP) is 11.8. The van der Waals surface area contributed by atoms with E-state index in [4.69, 9.17) is 42.6 Å². The van der Waals surface area contributed by atoms with Gasteiger partial charge < -0.3 is 57.7 Å². The zero-order chi connectivity index (χ0) is 76.8. The van der Waals surface area contributed by atoms with E-state index >= 15 is 4.39 Å². The van der Waals surface area contributed by atoms with Crippen LogP contribution in [-0.4, -0.2) is 189 Å². The van der Waals surface area contributed by atoms with Crippen LogP contribution in [0.3, 0.4) is 0 Å². The molecule has 576 valence electrons. The number of hydrogen-bond donors (Lipinski definition) is 1. The summed E-state index contributed by atoms with van der Waals surface area (Å²) in [5.74, 6) is -4.99. The van der Waals surface area contributed by atoms with Crippen molar-refractivity contribution in [2.45, 2.75) is 243 Å². The van der Waals surface area contributed by atoms with Crippen molar-refractivity contribution in [1.82, 2.24) is 20.0 Å². The molecule has 22 nitrogen and oxygen atoms in total. The molecule has 2 aliphatic carbocycles. The summed E-state index contributed by atoms with van der Waals surface area (Å²) in [5, 5.41) is 2.80. The summed E-state index contributed by atoms with van der Waals surface area (Å²) in [4.78, 5) is 125. The van der Waals surface area contributed by atoms with Crippen molar-refractivity contribution < 1.29 is 94.6 Å². The third kappa shape index (κ3) is 28.1. The number of rotatable bonds is 34. The van der Waals surface area contributed by atoms with E-state index in [0.717, 1.165) is 78.5 Å². The minimum atomic E-state index is -1.91. The largest absolute Gasteiger partial charge is 0.458 e. The van der Waals surface area contributed by atoms with Gasteiger partial charge in [-0.25, -0.2) is 37.5 Å². The highest BCUT2D eigenvalue weighted by Gasteiger charge is 2.44. The van der Waals surface area contributed by atoms with Crippen LogP contribution in [0.2, 0.25) is 0 Å². The van der Waals surface area contributed by atoms with Crippen molar-refractivity contribution in [3.8, 4) is 0 Å². The molecular weight excluding hydrogens is 1350 g/mol. The van der Waals surface area contributed by atoms with Gasteiger partial charge in [-0.2, -0.15) is 0 Å². The molecule has 0 radical (unpaired) electrons. The molecule has 0 bridgehead atoms. The monoisotopic (exact) mass is 1460 g/mol. The summed E-state index contributed by atoms with van der Waals surface area (Å²) in [6.45, 7) is 15.9. The Labute approximate surface area is 617 Å². The summed E-state index contributed by atoms with van der Waals surface area (Å²) in [5.41, 5.74) is 0.831. The van der Waals surface area contributed by atoms with Crippen LogP contribution in [0.15, 0.2) is 109 Å². The van der Waals surface area contributed by atoms with Crippen LogP contribution in [0.5, 0.6) is 0 Å². The Bertz CT molecular complexity index is 3470. The number of ether oxygens (including phenoxy) is 9. The molecule has 8 rings (SSSR count). The number of benzene rings is 4. The van der Waals surface area contributed by atoms with Crippen LogP contribution in [0.4, 0.5) is 13.6 Å². The van der Waals surface area contributed by atoms with Crippen LogP contribution >= 0.6 is 0 Å². The zero-order valence-corrected chi connectivity index (χ0v) is 63.4. The maximum atomic E-state index is 15.2. The average molecular weight is 1470 g/mol. The van der Waals surface area contributed by atoms with Crippen LogP contribution in [0.25, 0.3) is 0 Å². The Morgan fingerprint density at radius 2 is 0.819 bits per heavy atom. The van der Waals surface area contributed by atoms with E-state index in [1.165, 1.54) is 85.1 Å². The smallest absolute Gasteiger partial charge is 0.410 e. The molecule has 0 unspecified atom stereocenters. The number of halogens is 2. The lowest BCUT2D eigenvalue weighted by molar-refractivity contribution is -0.174. The third-order valence-electron chi connectivity index (χ3n) is 19.1. The van der Waals surface area contributed by atoms with Gasteiger partial charge in [0.25, 0.3) is 11.8 Å². The molecule has 0 aromatic heterocycles. The highest BCUT2D eigenvalue weighted by Crippen LogP contribution is 2.37. The van der Waals surface area contributed by atoms with Gasteiger partial charge in [-0.15, -0.1) is 0 Å². The van der Waals surface area contributed by atoms with Crippen LogP contribution < -0.4 is 5.32 Å². The van der Waals surface area contributed by atoms with E-state index in [2.05, 4.69) is 5.32 Å².